The number of hydrogen-bond acceptors (Lipinski definition) is 8. The summed E-state index contributed by atoms with van der Waals surface area (Å²) < 4.78 is 87.7. The van der Waals surface area contributed by atoms with Gasteiger partial charge in [-0.2, -0.15) is 31.1 Å². The fourth-order valence-corrected chi connectivity index (χ4v) is 5.01. The minimum absolute atomic E-state index is 0.0493. The molecular formula is C27H32F6N8O2. The highest BCUT2D eigenvalue weighted by atomic mass is 19.4. The molecule has 0 radical (unpaired) electrons. The highest BCUT2D eigenvalue weighted by Crippen LogP contribution is 2.43. The Morgan fingerprint density at radius 1 is 1.12 bits per heavy atom. The van der Waals surface area contributed by atoms with Gasteiger partial charge in [0.2, 0.25) is 0 Å². The molecule has 0 aliphatic carbocycles. The first kappa shape index (κ1) is 32.0. The molecule has 0 spiro atoms. The molecule has 1 amide bonds. The number of nitrogens with two attached hydrogens (primary N) is 1. The van der Waals surface area contributed by atoms with E-state index in [1.54, 1.807) is 32.9 Å². The zero-order chi connectivity index (χ0) is 31.7. The van der Waals surface area contributed by atoms with Crippen molar-refractivity contribution in [2.45, 2.75) is 84.2 Å². The first-order chi connectivity index (χ1) is 20.1. The van der Waals surface area contributed by atoms with Crippen LogP contribution in [0.3, 0.4) is 0 Å². The third-order valence-electron chi connectivity index (χ3n) is 6.89. The van der Waals surface area contributed by atoms with E-state index in [2.05, 4.69) is 20.4 Å². The number of hydrogen-bond donors (Lipinski definition) is 1. The van der Waals surface area contributed by atoms with Crippen molar-refractivity contribution in [3.63, 3.8) is 0 Å². The Hall–Kier alpha value is -3.95. The number of pyridine rings is 1. The van der Waals surface area contributed by atoms with Crippen LogP contribution in [-0.4, -0.2) is 50.0 Å². The molecule has 4 rings (SSSR count). The Bertz CT molecular complexity index is 1410. The van der Waals surface area contributed by atoms with Crippen LogP contribution in [0.1, 0.15) is 67.7 Å². The lowest BCUT2D eigenvalue weighted by Crippen LogP contribution is -2.48. The molecule has 1 aliphatic heterocycles. The predicted molar refractivity (Wildman–Crippen MR) is 144 cm³/mol. The summed E-state index contributed by atoms with van der Waals surface area (Å²) in [5, 5.41) is 12.3. The van der Waals surface area contributed by atoms with Gasteiger partial charge in [-0.05, 0) is 74.7 Å². The van der Waals surface area contributed by atoms with Gasteiger partial charge in [-0.1, -0.05) is 12.0 Å². The minimum Gasteiger partial charge on any atom is -0.446 e. The van der Waals surface area contributed by atoms with Gasteiger partial charge in [0.1, 0.15) is 0 Å². The van der Waals surface area contributed by atoms with Crippen molar-refractivity contribution >= 4 is 17.7 Å². The molecule has 1 aromatic carbocycles. The van der Waals surface area contributed by atoms with Crippen molar-refractivity contribution in [2.24, 2.45) is 5.73 Å². The first-order valence-corrected chi connectivity index (χ1v) is 13.6. The number of tetrazole rings is 1. The molecule has 0 saturated carbocycles. The Morgan fingerprint density at radius 2 is 1.77 bits per heavy atom. The molecule has 2 aromatic heterocycles. The van der Waals surface area contributed by atoms with E-state index in [9.17, 15) is 31.1 Å². The second-order valence-electron chi connectivity index (χ2n) is 10.5. The van der Waals surface area contributed by atoms with Gasteiger partial charge in [0.05, 0.1) is 41.2 Å². The fourth-order valence-electron chi connectivity index (χ4n) is 5.01. The highest BCUT2D eigenvalue weighted by Gasteiger charge is 2.42. The van der Waals surface area contributed by atoms with Crippen LogP contribution in [0.15, 0.2) is 30.3 Å². The summed E-state index contributed by atoms with van der Waals surface area (Å²) in [5.41, 5.74) is 3.79. The lowest BCUT2D eigenvalue weighted by molar-refractivity contribution is -0.143. The molecule has 0 fully saturated rings. The van der Waals surface area contributed by atoms with Crippen molar-refractivity contribution in [1.29, 1.82) is 0 Å². The van der Waals surface area contributed by atoms with Gasteiger partial charge >= 0.3 is 18.4 Å². The molecule has 1 aliphatic rings. The van der Waals surface area contributed by atoms with Crippen LogP contribution < -0.4 is 15.5 Å². The van der Waals surface area contributed by atoms with E-state index in [-0.39, 0.29) is 37.1 Å². The van der Waals surface area contributed by atoms with Crippen LogP contribution in [0, 0.1) is 6.92 Å². The lowest BCUT2D eigenvalue weighted by Gasteiger charge is -2.43. The SMILES string of the molecule is CC[C@@H]1C[C@H](N(Cc2cc(C(F)(F)F)cc(C(F)(F)F)c2)c2nnn(CCN)n2)c2nc(C)ccc2N1C(=O)OC(C)C. The number of benzene rings is 1. The predicted octanol–water partition coefficient (Wildman–Crippen LogP) is 5.65. The molecule has 2 atom stereocenters. The summed E-state index contributed by atoms with van der Waals surface area (Å²) in [6, 6.07) is 3.59. The van der Waals surface area contributed by atoms with Gasteiger partial charge in [0.15, 0.2) is 0 Å². The molecule has 0 unspecified atom stereocenters. The summed E-state index contributed by atoms with van der Waals surface area (Å²) in [4.78, 5) is 22.0. The summed E-state index contributed by atoms with van der Waals surface area (Å²) in [6.07, 6.45) is -10.4. The number of aromatic nitrogens is 5. The second-order valence-corrected chi connectivity index (χ2v) is 10.5. The number of alkyl halides is 6. The van der Waals surface area contributed by atoms with Gasteiger partial charge < -0.3 is 15.4 Å². The van der Waals surface area contributed by atoms with Crippen LogP contribution in [0.25, 0.3) is 0 Å². The Labute approximate surface area is 243 Å². The zero-order valence-electron chi connectivity index (χ0n) is 23.9. The monoisotopic (exact) mass is 614 g/mol. The summed E-state index contributed by atoms with van der Waals surface area (Å²) in [6.45, 7) is 6.89. The third kappa shape index (κ3) is 7.17. The van der Waals surface area contributed by atoms with Gasteiger partial charge in [-0.25, -0.2) is 4.79 Å². The maximum atomic E-state index is 13.7. The molecule has 0 bridgehead atoms. The maximum Gasteiger partial charge on any atom is 0.416 e. The number of amides is 1. The molecule has 2 N–H and O–H groups in total. The van der Waals surface area contributed by atoms with E-state index >= 15 is 0 Å². The van der Waals surface area contributed by atoms with E-state index in [0.717, 1.165) is 0 Å². The second kappa shape index (κ2) is 12.3. The number of aryl methyl sites for hydroxylation is 1. The average molecular weight is 615 g/mol. The number of carbonyl (C=O) groups is 1. The topological polar surface area (TPSA) is 115 Å². The van der Waals surface area contributed by atoms with Crippen LogP contribution in [-0.2, 0) is 30.2 Å². The van der Waals surface area contributed by atoms with Crippen LogP contribution >= 0.6 is 0 Å². The lowest BCUT2D eigenvalue weighted by atomic mass is 9.91. The molecule has 3 aromatic rings. The first-order valence-electron chi connectivity index (χ1n) is 13.6. The molecule has 10 nitrogen and oxygen atoms in total. The normalized spacial score (nSPS) is 17.3. The smallest absolute Gasteiger partial charge is 0.416 e. The number of rotatable bonds is 8. The Morgan fingerprint density at radius 3 is 2.33 bits per heavy atom. The van der Waals surface area contributed by atoms with E-state index in [4.69, 9.17) is 10.5 Å². The van der Waals surface area contributed by atoms with Gasteiger partial charge in [-0.15, -0.1) is 5.10 Å². The molecule has 234 valence electrons. The quantitative estimate of drug-likeness (QED) is 0.324. The molecule has 0 saturated heterocycles. The largest absolute Gasteiger partial charge is 0.446 e. The van der Waals surface area contributed by atoms with Crippen LogP contribution in [0.2, 0.25) is 0 Å². The summed E-state index contributed by atoms with van der Waals surface area (Å²) in [5.74, 6) is -0.0493. The number of fused-ring (bicyclic) bond motifs is 1. The fraction of sp³-hybridized carbons (Fsp3) is 0.519. The Balaban J connectivity index is 1.89. The molecule has 43 heavy (non-hydrogen) atoms. The van der Waals surface area contributed by atoms with Gasteiger partial charge in [0.25, 0.3) is 5.95 Å². The van der Waals surface area contributed by atoms with Crippen molar-refractivity contribution in [1.82, 2.24) is 25.2 Å². The molecule has 16 heteroatoms. The van der Waals surface area contributed by atoms with Crippen molar-refractivity contribution in [2.75, 3.05) is 16.3 Å². The molecular weight excluding hydrogens is 582 g/mol. The number of nitrogens with zero attached hydrogens (tertiary/aromatic N) is 7. The number of anilines is 2. The maximum absolute atomic E-state index is 13.7. The summed E-state index contributed by atoms with van der Waals surface area (Å²) in [7, 11) is 0. The van der Waals surface area contributed by atoms with Crippen LogP contribution in [0.5, 0.6) is 0 Å². The third-order valence-corrected chi connectivity index (χ3v) is 6.89. The summed E-state index contributed by atoms with van der Waals surface area (Å²) >= 11 is 0. The van der Waals surface area contributed by atoms with E-state index < -0.39 is 54.3 Å². The standard InChI is InChI=1S/C27H32F6N8O2/c1-5-20-13-22(23-21(7-6-16(4)35-23)41(20)25(42)43-15(2)3)39(24-36-38-40(37-24)9-8-34)14-17-10-18(26(28,29)30)12-19(11-17)27(31,32)33/h6-7,10-12,15,20,22H,5,8-9,13-14,34H2,1-4H3/t20-,22+/m1/s1. The van der Waals surface area contributed by atoms with Gasteiger partial charge in [-0.3, -0.25) is 9.88 Å². The highest BCUT2D eigenvalue weighted by molar-refractivity contribution is 5.90. The Kier molecular flexibility index (Phi) is 9.18. The van der Waals surface area contributed by atoms with E-state index in [1.807, 2.05) is 6.92 Å². The molecule has 3 heterocycles. The van der Waals surface area contributed by atoms with Crippen molar-refractivity contribution in [3.8, 4) is 0 Å². The van der Waals surface area contributed by atoms with E-state index in [0.29, 0.717) is 35.6 Å². The van der Waals surface area contributed by atoms with Crippen molar-refractivity contribution < 1.29 is 35.9 Å². The van der Waals surface area contributed by atoms with Crippen LogP contribution in [0.4, 0.5) is 42.8 Å². The van der Waals surface area contributed by atoms with E-state index in [1.165, 1.54) is 14.6 Å². The van der Waals surface area contributed by atoms with Gasteiger partial charge in [0, 0.05) is 24.8 Å². The average Bonchev–Trinajstić information content (AvgIpc) is 3.38. The number of ether oxygens (including phenoxy) is 1. The zero-order valence-corrected chi connectivity index (χ0v) is 23.9. The van der Waals surface area contributed by atoms with Crippen molar-refractivity contribution in [3.05, 3.63) is 58.4 Å². The number of halogens is 6. The number of carbonyl (C=O) groups excluding carboxylic acids is 1. The minimum atomic E-state index is -5.02.